The highest BCUT2D eigenvalue weighted by atomic mass is 32.1. The highest BCUT2D eigenvalue weighted by molar-refractivity contribution is 7.15. The van der Waals surface area contributed by atoms with Crippen molar-refractivity contribution < 1.29 is 19.5 Å². The van der Waals surface area contributed by atoms with E-state index in [1.54, 1.807) is 24.3 Å². The normalized spacial score (nSPS) is 9.95. The van der Waals surface area contributed by atoms with E-state index in [9.17, 15) is 14.4 Å². The summed E-state index contributed by atoms with van der Waals surface area (Å²) in [7, 11) is 0. The third kappa shape index (κ3) is 3.90. The van der Waals surface area contributed by atoms with Crippen molar-refractivity contribution in [3.05, 3.63) is 46.2 Å². The lowest BCUT2D eigenvalue weighted by molar-refractivity contribution is -0.114. The standard InChI is InChI=1S/C14H12N2O4S/c1-8(17)15-9-2-4-10(5-3-9)16-13(18)11-6-7-12(21-11)14(19)20/h2-7H,1H3,(H,15,17)(H,16,18)(H,19,20). The van der Waals surface area contributed by atoms with Crippen molar-refractivity contribution in [1.82, 2.24) is 0 Å². The predicted octanol–water partition coefficient (Wildman–Crippen LogP) is 2.66. The minimum Gasteiger partial charge on any atom is -0.477 e. The lowest BCUT2D eigenvalue weighted by Crippen LogP contribution is -2.10. The van der Waals surface area contributed by atoms with Gasteiger partial charge in [0.05, 0.1) is 4.88 Å². The summed E-state index contributed by atoms with van der Waals surface area (Å²) in [6.45, 7) is 1.41. The minimum absolute atomic E-state index is 0.112. The predicted molar refractivity (Wildman–Crippen MR) is 80.0 cm³/mol. The summed E-state index contributed by atoms with van der Waals surface area (Å²) in [6.07, 6.45) is 0. The third-order valence-electron chi connectivity index (χ3n) is 2.50. The quantitative estimate of drug-likeness (QED) is 0.809. The Morgan fingerprint density at radius 1 is 0.905 bits per heavy atom. The van der Waals surface area contributed by atoms with E-state index in [2.05, 4.69) is 10.6 Å². The van der Waals surface area contributed by atoms with Gasteiger partial charge in [0.2, 0.25) is 5.91 Å². The monoisotopic (exact) mass is 304 g/mol. The van der Waals surface area contributed by atoms with Crippen LogP contribution in [0.4, 0.5) is 11.4 Å². The Morgan fingerprint density at radius 2 is 1.43 bits per heavy atom. The number of carboxylic acid groups (broad SMARTS) is 1. The van der Waals surface area contributed by atoms with Crippen LogP contribution in [0.15, 0.2) is 36.4 Å². The first kappa shape index (κ1) is 14.7. The van der Waals surface area contributed by atoms with Crippen molar-refractivity contribution in [3.63, 3.8) is 0 Å². The summed E-state index contributed by atoms with van der Waals surface area (Å²) in [5, 5.41) is 14.1. The van der Waals surface area contributed by atoms with Crippen LogP contribution in [-0.2, 0) is 4.79 Å². The zero-order chi connectivity index (χ0) is 15.4. The average Bonchev–Trinajstić information content (AvgIpc) is 2.90. The molecule has 108 valence electrons. The Hall–Kier alpha value is -2.67. The molecule has 2 aromatic rings. The highest BCUT2D eigenvalue weighted by Crippen LogP contribution is 2.19. The van der Waals surface area contributed by atoms with Gasteiger partial charge in [-0.2, -0.15) is 0 Å². The molecule has 2 rings (SSSR count). The van der Waals surface area contributed by atoms with Crippen LogP contribution < -0.4 is 10.6 Å². The molecular weight excluding hydrogens is 292 g/mol. The van der Waals surface area contributed by atoms with Crippen LogP contribution in [0.25, 0.3) is 0 Å². The van der Waals surface area contributed by atoms with E-state index in [4.69, 9.17) is 5.11 Å². The second-order valence-electron chi connectivity index (χ2n) is 4.18. The molecule has 0 atom stereocenters. The Kier molecular flexibility index (Phi) is 4.34. The Morgan fingerprint density at radius 3 is 1.90 bits per heavy atom. The molecule has 2 amide bonds. The molecule has 0 spiro atoms. The number of nitrogens with one attached hydrogen (secondary N) is 2. The number of carbonyl (C=O) groups is 3. The fourth-order valence-corrected chi connectivity index (χ4v) is 2.35. The number of rotatable bonds is 4. The molecule has 1 aromatic heterocycles. The molecule has 1 aromatic carbocycles. The third-order valence-corrected chi connectivity index (χ3v) is 3.58. The molecule has 0 aliphatic heterocycles. The first-order valence-corrected chi connectivity index (χ1v) is 6.79. The van der Waals surface area contributed by atoms with Gasteiger partial charge in [0.25, 0.3) is 5.91 Å². The zero-order valence-electron chi connectivity index (χ0n) is 11.0. The van der Waals surface area contributed by atoms with Crippen molar-refractivity contribution >= 4 is 40.5 Å². The van der Waals surface area contributed by atoms with E-state index in [1.807, 2.05) is 0 Å². The SMILES string of the molecule is CC(=O)Nc1ccc(NC(=O)c2ccc(C(=O)O)s2)cc1. The maximum Gasteiger partial charge on any atom is 0.345 e. The van der Waals surface area contributed by atoms with Crippen LogP contribution in [-0.4, -0.2) is 22.9 Å². The molecule has 0 aliphatic rings. The van der Waals surface area contributed by atoms with Gasteiger partial charge in [-0.05, 0) is 36.4 Å². The lowest BCUT2D eigenvalue weighted by atomic mass is 10.2. The van der Waals surface area contributed by atoms with Crippen LogP contribution in [0, 0.1) is 0 Å². The molecular formula is C14H12N2O4S. The van der Waals surface area contributed by atoms with E-state index in [0.29, 0.717) is 16.3 Å². The second-order valence-corrected chi connectivity index (χ2v) is 5.27. The van der Waals surface area contributed by atoms with E-state index in [0.717, 1.165) is 11.3 Å². The number of amides is 2. The summed E-state index contributed by atoms with van der Waals surface area (Å²) < 4.78 is 0. The largest absolute Gasteiger partial charge is 0.477 e. The molecule has 7 heteroatoms. The number of thiophene rings is 1. The van der Waals surface area contributed by atoms with E-state index in [-0.39, 0.29) is 16.7 Å². The Labute approximate surface area is 124 Å². The second kappa shape index (κ2) is 6.19. The van der Waals surface area contributed by atoms with E-state index in [1.165, 1.54) is 19.1 Å². The van der Waals surface area contributed by atoms with Crippen LogP contribution in [0.2, 0.25) is 0 Å². The van der Waals surface area contributed by atoms with Gasteiger partial charge in [-0.25, -0.2) is 4.79 Å². The maximum absolute atomic E-state index is 11.9. The minimum atomic E-state index is -1.06. The summed E-state index contributed by atoms with van der Waals surface area (Å²) >= 11 is 0.911. The number of hydrogen-bond donors (Lipinski definition) is 3. The van der Waals surface area contributed by atoms with Gasteiger partial charge in [-0.15, -0.1) is 11.3 Å². The number of carboxylic acids is 1. The van der Waals surface area contributed by atoms with Gasteiger partial charge >= 0.3 is 5.97 Å². The molecule has 21 heavy (non-hydrogen) atoms. The van der Waals surface area contributed by atoms with E-state index < -0.39 is 5.97 Å². The topological polar surface area (TPSA) is 95.5 Å². The van der Waals surface area contributed by atoms with Crippen LogP contribution in [0.1, 0.15) is 26.3 Å². The summed E-state index contributed by atoms with van der Waals surface area (Å²) in [6, 6.07) is 9.48. The fraction of sp³-hybridized carbons (Fsp3) is 0.0714. The van der Waals surface area contributed by atoms with Gasteiger partial charge in [0.1, 0.15) is 4.88 Å². The Balaban J connectivity index is 2.04. The number of benzene rings is 1. The molecule has 0 aliphatic carbocycles. The van der Waals surface area contributed by atoms with Crippen molar-refractivity contribution in [3.8, 4) is 0 Å². The van der Waals surface area contributed by atoms with Crippen LogP contribution in [0.3, 0.4) is 0 Å². The molecule has 0 saturated heterocycles. The van der Waals surface area contributed by atoms with Crippen molar-refractivity contribution in [1.29, 1.82) is 0 Å². The van der Waals surface area contributed by atoms with Gasteiger partial charge < -0.3 is 15.7 Å². The molecule has 6 nitrogen and oxygen atoms in total. The Bertz CT molecular complexity index is 691. The molecule has 0 saturated carbocycles. The van der Waals surface area contributed by atoms with Gasteiger partial charge in [0.15, 0.2) is 0 Å². The lowest BCUT2D eigenvalue weighted by Gasteiger charge is -2.05. The van der Waals surface area contributed by atoms with Crippen molar-refractivity contribution in [2.45, 2.75) is 6.92 Å². The molecule has 0 unspecified atom stereocenters. The van der Waals surface area contributed by atoms with Gasteiger partial charge in [-0.1, -0.05) is 0 Å². The number of hydrogen-bond acceptors (Lipinski definition) is 4. The molecule has 1 heterocycles. The van der Waals surface area contributed by atoms with Crippen molar-refractivity contribution in [2.24, 2.45) is 0 Å². The number of aromatic carboxylic acids is 1. The highest BCUT2D eigenvalue weighted by Gasteiger charge is 2.13. The van der Waals surface area contributed by atoms with Gasteiger partial charge in [-0.3, -0.25) is 9.59 Å². The zero-order valence-corrected chi connectivity index (χ0v) is 11.9. The van der Waals surface area contributed by atoms with Crippen molar-refractivity contribution in [2.75, 3.05) is 10.6 Å². The molecule has 0 radical (unpaired) electrons. The summed E-state index contributed by atoms with van der Waals surface area (Å²) in [5.74, 6) is -1.61. The van der Waals surface area contributed by atoms with Crippen LogP contribution in [0.5, 0.6) is 0 Å². The van der Waals surface area contributed by atoms with Crippen LogP contribution >= 0.6 is 11.3 Å². The van der Waals surface area contributed by atoms with Gasteiger partial charge in [0, 0.05) is 18.3 Å². The average molecular weight is 304 g/mol. The number of anilines is 2. The number of carbonyl (C=O) groups excluding carboxylic acids is 2. The molecule has 0 bridgehead atoms. The van der Waals surface area contributed by atoms with E-state index >= 15 is 0 Å². The molecule has 0 fully saturated rings. The fourth-order valence-electron chi connectivity index (χ4n) is 1.61. The first-order valence-electron chi connectivity index (χ1n) is 5.98. The summed E-state index contributed by atoms with van der Waals surface area (Å²) in [5.41, 5.74) is 1.18. The molecule has 3 N–H and O–H groups in total. The summed E-state index contributed by atoms with van der Waals surface area (Å²) in [4.78, 5) is 34.0. The smallest absolute Gasteiger partial charge is 0.345 e. The maximum atomic E-state index is 11.9. The first-order chi connectivity index (χ1) is 9.95.